The van der Waals surface area contributed by atoms with E-state index in [0.29, 0.717) is 0 Å². The molecule has 0 saturated heterocycles. The molecular formula is AlO4Sb. The van der Waals surface area contributed by atoms with Crippen molar-refractivity contribution in [1.82, 2.24) is 0 Å². The second-order valence-corrected chi connectivity index (χ2v) is 3.00. The fourth-order valence-electron chi connectivity index (χ4n) is 0. The van der Waals surface area contributed by atoms with E-state index < -0.39 is 20.1 Å². The van der Waals surface area contributed by atoms with Crippen LogP contribution in [0.25, 0.3) is 0 Å². The number of hydrogen-bond donors (Lipinski definition) is 0. The second kappa shape index (κ2) is 3.09. The Hall–Kier alpha value is 1.03. The van der Waals surface area contributed by atoms with Gasteiger partial charge in [0.15, 0.2) is 0 Å². The Morgan fingerprint density at radius 3 is 1.17 bits per heavy atom. The van der Waals surface area contributed by atoms with E-state index >= 15 is 0 Å². The van der Waals surface area contributed by atoms with Gasteiger partial charge < -0.3 is 0 Å². The van der Waals surface area contributed by atoms with E-state index in [-0.39, 0.29) is 17.4 Å². The fraction of sp³-hybridized carbons (Fsp3) is 0. The Morgan fingerprint density at radius 2 is 1.17 bits per heavy atom. The quantitative estimate of drug-likeness (QED) is 0.379. The van der Waals surface area contributed by atoms with E-state index in [1.807, 2.05) is 0 Å². The van der Waals surface area contributed by atoms with Crippen molar-refractivity contribution >= 4 is 37.4 Å². The summed E-state index contributed by atoms with van der Waals surface area (Å²) in [6, 6.07) is 0. The zero-order chi connectivity index (χ0) is 4.50. The first kappa shape index (κ1) is 10.1. The van der Waals surface area contributed by atoms with Crippen molar-refractivity contribution in [2.45, 2.75) is 0 Å². The van der Waals surface area contributed by atoms with E-state index in [1.54, 1.807) is 0 Å². The second-order valence-electron chi connectivity index (χ2n) is 0.447. The van der Waals surface area contributed by atoms with E-state index in [4.69, 9.17) is 13.2 Å². The van der Waals surface area contributed by atoms with Crippen molar-refractivity contribution in [3.05, 3.63) is 0 Å². The molecular weight excluding hydrogens is 213 g/mol. The van der Waals surface area contributed by atoms with Crippen LogP contribution in [-0.4, -0.2) is 37.4 Å². The maximum atomic E-state index is 8.64. The predicted octanol–water partition coefficient (Wildman–Crippen LogP) is -4.45. The van der Waals surface area contributed by atoms with Crippen molar-refractivity contribution in [2.24, 2.45) is 0 Å². The Kier molecular flexibility index (Phi) is 5.20. The first-order chi connectivity index (χ1) is 2.00. The molecule has 6 heavy (non-hydrogen) atoms. The third kappa shape index (κ3) is 76.9. The standard InChI is InChI=1S/Al.4O.Sb/q+3;;3*-1;. The molecule has 0 fully saturated rings. The van der Waals surface area contributed by atoms with Crippen LogP contribution in [0.1, 0.15) is 0 Å². The molecule has 0 radical (unpaired) electrons. The SMILES string of the molecule is [Al+3].[O]=[Sb]([O-])([O-])[O-]. The van der Waals surface area contributed by atoms with Crippen LogP contribution in [0.15, 0.2) is 0 Å². The van der Waals surface area contributed by atoms with Gasteiger partial charge in [-0.15, -0.1) is 0 Å². The molecule has 0 aliphatic heterocycles. The van der Waals surface area contributed by atoms with Crippen LogP contribution in [0.4, 0.5) is 0 Å². The molecule has 0 aromatic heterocycles. The van der Waals surface area contributed by atoms with E-state index in [9.17, 15) is 0 Å². The van der Waals surface area contributed by atoms with Crippen LogP contribution in [0.5, 0.6) is 0 Å². The van der Waals surface area contributed by atoms with Crippen molar-refractivity contribution < 1.29 is 13.2 Å². The third-order valence-corrected chi connectivity index (χ3v) is 0. The van der Waals surface area contributed by atoms with Crippen LogP contribution >= 0.6 is 0 Å². The average molecular weight is 213 g/mol. The van der Waals surface area contributed by atoms with Gasteiger partial charge in [0.05, 0.1) is 0 Å². The minimum absolute atomic E-state index is 0. The molecule has 0 bridgehead atoms. The molecule has 0 heterocycles. The first-order valence-corrected chi connectivity index (χ1v) is 4.90. The molecule has 0 aliphatic carbocycles. The zero-order valence-electron chi connectivity index (χ0n) is 2.66. The molecule has 32 valence electrons. The van der Waals surface area contributed by atoms with E-state index in [2.05, 4.69) is 0 Å². The van der Waals surface area contributed by atoms with Crippen molar-refractivity contribution in [3.8, 4) is 0 Å². The van der Waals surface area contributed by atoms with E-state index in [1.165, 1.54) is 0 Å². The summed E-state index contributed by atoms with van der Waals surface area (Å²) in [5, 5.41) is 0. The molecule has 0 rings (SSSR count). The van der Waals surface area contributed by atoms with Gasteiger partial charge in [0.25, 0.3) is 0 Å². The molecule has 0 spiro atoms. The third-order valence-electron chi connectivity index (χ3n) is 0. The van der Waals surface area contributed by atoms with Gasteiger partial charge >= 0.3 is 50.6 Å². The zero-order valence-corrected chi connectivity index (χ0v) is 6.37. The molecule has 0 N–H and O–H groups in total. The molecule has 6 heteroatoms. The monoisotopic (exact) mass is 212 g/mol. The summed E-state index contributed by atoms with van der Waals surface area (Å²) in [6.07, 6.45) is 0. The van der Waals surface area contributed by atoms with Crippen LogP contribution in [0, 0.1) is 0 Å². The first-order valence-electron chi connectivity index (χ1n) is 0.730. The molecule has 0 amide bonds. The van der Waals surface area contributed by atoms with Gasteiger partial charge in [-0.2, -0.15) is 0 Å². The Morgan fingerprint density at radius 1 is 1.17 bits per heavy atom. The summed E-state index contributed by atoms with van der Waals surface area (Å²) in [5.74, 6) is 0. The Bertz CT molecular complexity index is 53.7. The van der Waals surface area contributed by atoms with Gasteiger partial charge in [0, 0.05) is 0 Å². The molecule has 0 aliphatic rings. The Balaban J connectivity index is 0. The predicted molar refractivity (Wildman–Crippen MR) is 12.2 cm³/mol. The summed E-state index contributed by atoms with van der Waals surface area (Å²) < 4.78 is 34.6. The van der Waals surface area contributed by atoms with Crippen molar-refractivity contribution in [3.63, 3.8) is 0 Å². The fourth-order valence-corrected chi connectivity index (χ4v) is 0. The summed E-state index contributed by atoms with van der Waals surface area (Å²) in [7, 11) is 0. The van der Waals surface area contributed by atoms with Crippen LogP contribution in [0.2, 0.25) is 0 Å². The van der Waals surface area contributed by atoms with E-state index in [0.717, 1.165) is 0 Å². The van der Waals surface area contributed by atoms with Gasteiger partial charge in [-0.3, -0.25) is 0 Å². The molecule has 0 saturated carbocycles. The van der Waals surface area contributed by atoms with Crippen molar-refractivity contribution in [2.75, 3.05) is 0 Å². The van der Waals surface area contributed by atoms with Gasteiger partial charge in [0.2, 0.25) is 0 Å². The molecule has 0 aromatic carbocycles. The molecule has 0 unspecified atom stereocenters. The summed E-state index contributed by atoms with van der Waals surface area (Å²) in [6.45, 7) is 0. The molecule has 0 atom stereocenters. The number of rotatable bonds is 0. The topological polar surface area (TPSA) is 86.2 Å². The van der Waals surface area contributed by atoms with Crippen LogP contribution in [-0.2, 0) is 3.02 Å². The summed E-state index contributed by atoms with van der Waals surface area (Å²) in [4.78, 5) is 0. The average Bonchev–Trinajstić information content (AvgIpc) is 0.722. The Labute approximate surface area is 50.6 Å². The van der Waals surface area contributed by atoms with Gasteiger partial charge in [-0.1, -0.05) is 0 Å². The van der Waals surface area contributed by atoms with Gasteiger partial charge in [0.1, 0.15) is 0 Å². The van der Waals surface area contributed by atoms with Crippen molar-refractivity contribution in [1.29, 1.82) is 0 Å². The van der Waals surface area contributed by atoms with Crippen LogP contribution in [0.3, 0.4) is 0 Å². The minimum atomic E-state index is -6.10. The number of hydrogen-bond acceptors (Lipinski definition) is 4. The normalized spacial score (nSPS) is 9.83. The summed E-state index contributed by atoms with van der Waals surface area (Å²) in [5.41, 5.74) is 0. The van der Waals surface area contributed by atoms with Crippen LogP contribution < -0.4 is 10.2 Å². The van der Waals surface area contributed by atoms with Gasteiger partial charge in [-0.25, -0.2) is 0 Å². The summed E-state index contributed by atoms with van der Waals surface area (Å²) >= 11 is -6.10. The molecule has 0 aromatic rings. The maximum absolute atomic E-state index is 8.64. The molecule has 4 nitrogen and oxygen atoms in total. The van der Waals surface area contributed by atoms with Gasteiger partial charge in [-0.05, 0) is 0 Å².